The minimum atomic E-state index is -0.799. The summed E-state index contributed by atoms with van der Waals surface area (Å²) in [5, 5.41) is 0. The van der Waals surface area contributed by atoms with Crippen molar-refractivity contribution < 1.29 is 28.6 Å². The Morgan fingerprint density at radius 3 is 1.21 bits per heavy atom. The highest BCUT2D eigenvalue weighted by atomic mass is 16.6. The first-order valence-electron chi connectivity index (χ1n) is 24.8. The van der Waals surface area contributed by atoms with Gasteiger partial charge in [-0.15, -0.1) is 0 Å². The highest BCUT2D eigenvalue weighted by molar-refractivity contribution is 5.71. The largest absolute Gasteiger partial charge is 0.462 e. The van der Waals surface area contributed by atoms with Crippen LogP contribution in [0.1, 0.15) is 213 Å². The fourth-order valence-electron chi connectivity index (χ4n) is 6.54. The zero-order chi connectivity index (χ0) is 44.4. The van der Waals surface area contributed by atoms with Gasteiger partial charge in [-0.1, -0.05) is 221 Å². The van der Waals surface area contributed by atoms with Crippen molar-refractivity contribution in [3.05, 3.63) is 97.2 Å². The number of unbranched alkanes of at least 4 members (excludes halogenated alkanes) is 20. The maximum absolute atomic E-state index is 12.7. The van der Waals surface area contributed by atoms with E-state index in [0.29, 0.717) is 19.3 Å². The highest BCUT2D eigenvalue weighted by Gasteiger charge is 2.19. The molecule has 6 heteroatoms. The molecule has 0 aromatic rings. The minimum Gasteiger partial charge on any atom is -0.462 e. The molecule has 0 bridgehead atoms. The molecule has 0 aromatic heterocycles. The average molecular weight is 847 g/mol. The van der Waals surface area contributed by atoms with Gasteiger partial charge in [0.15, 0.2) is 6.10 Å². The number of esters is 3. The summed E-state index contributed by atoms with van der Waals surface area (Å²) in [5.74, 6) is -0.952. The van der Waals surface area contributed by atoms with Crippen LogP contribution in [0.3, 0.4) is 0 Å². The van der Waals surface area contributed by atoms with Gasteiger partial charge in [-0.2, -0.15) is 0 Å². The normalized spacial score (nSPS) is 12.9. The van der Waals surface area contributed by atoms with Gasteiger partial charge in [0.1, 0.15) is 13.2 Å². The van der Waals surface area contributed by atoms with Gasteiger partial charge in [0.2, 0.25) is 0 Å². The van der Waals surface area contributed by atoms with E-state index in [9.17, 15) is 14.4 Å². The van der Waals surface area contributed by atoms with E-state index in [0.717, 1.165) is 83.5 Å². The molecule has 0 spiro atoms. The predicted molar refractivity (Wildman–Crippen MR) is 260 cm³/mol. The van der Waals surface area contributed by atoms with Crippen LogP contribution < -0.4 is 0 Å². The molecular weight excluding hydrogens is 757 g/mol. The Morgan fingerprint density at radius 1 is 0.361 bits per heavy atom. The Hall–Kier alpha value is -3.67. The predicted octanol–water partition coefficient (Wildman–Crippen LogP) is 16.2. The van der Waals surface area contributed by atoms with Crippen molar-refractivity contribution in [3.8, 4) is 0 Å². The molecule has 0 amide bonds. The zero-order valence-corrected chi connectivity index (χ0v) is 39.4. The van der Waals surface area contributed by atoms with E-state index in [1.807, 2.05) is 48.6 Å². The van der Waals surface area contributed by atoms with Gasteiger partial charge in [-0.25, -0.2) is 0 Å². The fraction of sp³-hybridized carbons (Fsp3) is 0.655. The molecule has 6 nitrogen and oxygen atoms in total. The van der Waals surface area contributed by atoms with E-state index in [4.69, 9.17) is 14.2 Å². The lowest BCUT2D eigenvalue weighted by Gasteiger charge is -2.18. The summed E-state index contributed by atoms with van der Waals surface area (Å²) in [6.07, 6.45) is 63.9. The molecule has 0 aliphatic carbocycles. The second-order valence-electron chi connectivity index (χ2n) is 16.1. The molecule has 0 fully saturated rings. The van der Waals surface area contributed by atoms with Crippen LogP contribution in [-0.4, -0.2) is 37.2 Å². The molecule has 1 unspecified atom stereocenters. The smallest absolute Gasteiger partial charge is 0.306 e. The Balaban J connectivity index is 4.40. The first kappa shape index (κ1) is 57.3. The molecule has 0 aliphatic rings. The van der Waals surface area contributed by atoms with Crippen LogP contribution in [0.25, 0.3) is 0 Å². The topological polar surface area (TPSA) is 78.9 Å². The monoisotopic (exact) mass is 847 g/mol. The standard InChI is InChI=1S/C55H90O6/c1-4-7-10-13-16-19-21-23-25-26-27-28-30-31-33-36-39-42-45-48-54(57)60-51-52(50-59-53(56)47-44-41-38-35-18-15-12-9-6-3)61-55(58)49-46-43-40-37-34-32-29-24-22-20-17-14-11-8-5-2/h7-8,10-11,14,16-17,19-20,22-25,29,32,34,52H,4-6,9,12-13,15,18,21,26-28,30-31,33,35-51H2,1-3H3/b10-7-,11-8-,17-14-,19-16-,22-20-,25-23-,29-24-,34-32-. The molecule has 0 aliphatic heterocycles. The number of ether oxygens (including phenoxy) is 3. The van der Waals surface area contributed by atoms with Gasteiger partial charge < -0.3 is 14.2 Å². The molecular formula is C55H90O6. The fourth-order valence-corrected chi connectivity index (χ4v) is 6.54. The van der Waals surface area contributed by atoms with Gasteiger partial charge in [-0.3, -0.25) is 14.4 Å². The molecule has 0 rings (SSSR count). The van der Waals surface area contributed by atoms with Crippen molar-refractivity contribution in [1.82, 2.24) is 0 Å². The van der Waals surface area contributed by atoms with Crippen molar-refractivity contribution in [2.75, 3.05) is 13.2 Å². The summed E-state index contributed by atoms with van der Waals surface area (Å²) in [7, 11) is 0. The number of hydrogen-bond donors (Lipinski definition) is 0. The van der Waals surface area contributed by atoms with Gasteiger partial charge >= 0.3 is 17.9 Å². The zero-order valence-electron chi connectivity index (χ0n) is 39.4. The maximum atomic E-state index is 12.7. The summed E-state index contributed by atoms with van der Waals surface area (Å²) in [4.78, 5) is 37.8. The molecule has 0 aromatic carbocycles. The SMILES string of the molecule is CC\C=C/C=C\C=C/C=C\C=C/CCCCCC(=O)OC(COC(=O)CCCCCCCCCCC)COC(=O)CCCCCCCCCCC/C=C\C/C=C\C/C=C\CC. The van der Waals surface area contributed by atoms with E-state index >= 15 is 0 Å². The number of carbonyl (C=O) groups is 3. The molecule has 61 heavy (non-hydrogen) atoms. The van der Waals surface area contributed by atoms with Crippen molar-refractivity contribution >= 4 is 17.9 Å². The Bertz CT molecular complexity index is 1250. The number of carbonyl (C=O) groups excluding carboxylic acids is 3. The number of hydrogen-bond acceptors (Lipinski definition) is 6. The van der Waals surface area contributed by atoms with Crippen LogP contribution in [0.15, 0.2) is 97.2 Å². The van der Waals surface area contributed by atoms with E-state index in [1.54, 1.807) is 0 Å². The van der Waals surface area contributed by atoms with Crippen molar-refractivity contribution in [2.24, 2.45) is 0 Å². The van der Waals surface area contributed by atoms with Gasteiger partial charge in [0.25, 0.3) is 0 Å². The van der Waals surface area contributed by atoms with E-state index < -0.39 is 6.10 Å². The third-order valence-electron chi connectivity index (χ3n) is 10.2. The molecule has 0 N–H and O–H groups in total. The summed E-state index contributed by atoms with van der Waals surface area (Å²) in [5.41, 5.74) is 0. The lowest BCUT2D eigenvalue weighted by atomic mass is 10.1. The highest BCUT2D eigenvalue weighted by Crippen LogP contribution is 2.14. The number of allylic oxidation sites excluding steroid dienone is 16. The second kappa shape index (κ2) is 49.0. The van der Waals surface area contributed by atoms with Crippen LogP contribution in [0, 0.1) is 0 Å². The lowest BCUT2D eigenvalue weighted by molar-refractivity contribution is -0.167. The quantitative estimate of drug-likeness (QED) is 0.0200. The van der Waals surface area contributed by atoms with Gasteiger partial charge in [0, 0.05) is 19.3 Å². The van der Waals surface area contributed by atoms with Crippen LogP contribution >= 0.6 is 0 Å². The van der Waals surface area contributed by atoms with Gasteiger partial charge in [0.05, 0.1) is 0 Å². The lowest BCUT2D eigenvalue weighted by Crippen LogP contribution is -2.30. The van der Waals surface area contributed by atoms with E-state index in [-0.39, 0.29) is 37.5 Å². The van der Waals surface area contributed by atoms with E-state index in [2.05, 4.69) is 69.4 Å². The first-order chi connectivity index (χ1) is 30.0. The van der Waals surface area contributed by atoms with Crippen molar-refractivity contribution in [1.29, 1.82) is 0 Å². The van der Waals surface area contributed by atoms with Crippen LogP contribution in [0.5, 0.6) is 0 Å². The second-order valence-corrected chi connectivity index (χ2v) is 16.1. The molecule has 346 valence electrons. The third kappa shape index (κ3) is 47.2. The van der Waals surface area contributed by atoms with Crippen LogP contribution in [0.4, 0.5) is 0 Å². The summed E-state index contributed by atoms with van der Waals surface area (Å²) >= 11 is 0. The van der Waals surface area contributed by atoms with Crippen LogP contribution in [-0.2, 0) is 28.6 Å². The van der Waals surface area contributed by atoms with Crippen molar-refractivity contribution in [2.45, 2.75) is 219 Å². The number of rotatable bonds is 43. The van der Waals surface area contributed by atoms with Crippen LogP contribution in [0.2, 0.25) is 0 Å². The molecule has 1 atom stereocenters. The molecule has 0 saturated carbocycles. The van der Waals surface area contributed by atoms with E-state index in [1.165, 1.54) is 83.5 Å². The maximum Gasteiger partial charge on any atom is 0.306 e. The molecule has 0 heterocycles. The third-order valence-corrected chi connectivity index (χ3v) is 10.2. The van der Waals surface area contributed by atoms with Crippen molar-refractivity contribution in [3.63, 3.8) is 0 Å². The summed E-state index contributed by atoms with van der Waals surface area (Å²) in [6.45, 7) is 6.31. The first-order valence-corrected chi connectivity index (χ1v) is 24.8. The van der Waals surface area contributed by atoms with Gasteiger partial charge in [-0.05, 0) is 70.6 Å². The Labute approximate surface area is 375 Å². The Kier molecular flexibility index (Phi) is 46.0. The summed E-state index contributed by atoms with van der Waals surface area (Å²) in [6, 6.07) is 0. The average Bonchev–Trinajstić information content (AvgIpc) is 3.26. The molecule has 0 radical (unpaired) electrons. The minimum absolute atomic E-state index is 0.0965. The Morgan fingerprint density at radius 2 is 0.721 bits per heavy atom. The molecule has 0 saturated heterocycles. The summed E-state index contributed by atoms with van der Waals surface area (Å²) < 4.78 is 16.7.